The molecule has 3 aromatic rings. The van der Waals surface area contributed by atoms with E-state index in [1.165, 1.54) is 14.7 Å². The van der Waals surface area contributed by atoms with Crippen LogP contribution in [0.4, 0.5) is 0 Å². The van der Waals surface area contributed by atoms with Crippen LogP contribution in [-0.2, 0) is 0 Å². The summed E-state index contributed by atoms with van der Waals surface area (Å²) in [5, 5.41) is 0. The molecule has 0 saturated heterocycles. The maximum Gasteiger partial charge on any atom is 0.118 e. The minimum Gasteiger partial charge on any atom is -0.497 e. The molecule has 3 aromatic carbocycles. The first-order valence-corrected chi connectivity index (χ1v) is 10.5. The van der Waals surface area contributed by atoms with E-state index < -0.39 is 8.46 Å². The van der Waals surface area contributed by atoms with Gasteiger partial charge in [0.15, 0.2) is 0 Å². The zero-order valence-electron chi connectivity index (χ0n) is 12.3. The summed E-state index contributed by atoms with van der Waals surface area (Å²) in [6.45, 7) is 0. The maximum absolute atomic E-state index is 5.29. The van der Waals surface area contributed by atoms with Gasteiger partial charge in [-0.3, -0.25) is 0 Å². The van der Waals surface area contributed by atoms with Crippen molar-refractivity contribution >= 4 is 23.3 Å². The second-order valence-electron chi connectivity index (χ2n) is 4.84. The quantitative estimate of drug-likeness (QED) is 0.522. The van der Waals surface area contributed by atoms with E-state index in [1.807, 2.05) is 12.1 Å². The maximum atomic E-state index is 5.29. The van der Waals surface area contributed by atoms with E-state index in [0.717, 1.165) is 5.75 Å². The van der Waals surface area contributed by atoms with Gasteiger partial charge in [0, 0.05) is 14.7 Å². The van der Waals surface area contributed by atoms with Crippen LogP contribution in [0.2, 0.25) is 0 Å². The van der Waals surface area contributed by atoms with Crippen molar-refractivity contribution in [1.82, 2.24) is 0 Å². The molecular formula is C19H17BrOS. The molecule has 3 heteroatoms. The van der Waals surface area contributed by atoms with Crippen molar-refractivity contribution in [3.05, 3.63) is 84.9 Å². The molecule has 0 radical (unpaired) electrons. The average Bonchev–Trinajstić information content (AvgIpc) is 2.62. The van der Waals surface area contributed by atoms with Crippen LogP contribution in [0.15, 0.2) is 99.6 Å². The van der Waals surface area contributed by atoms with Crippen molar-refractivity contribution in [3.63, 3.8) is 0 Å². The largest absolute Gasteiger partial charge is 0.497 e. The summed E-state index contributed by atoms with van der Waals surface area (Å²) < 4.78 is 5.29. The number of hydrogen-bond donors (Lipinski definition) is 0. The van der Waals surface area contributed by atoms with Gasteiger partial charge in [0.05, 0.1) is 7.11 Å². The molecule has 0 aromatic heterocycles. The first kappa shape index (κ1) is 15.2. The third-order valence-electron chi connectivity index (χ3n) is 3.52. The Morgan fingerprint density at radius 3 is 1.45 bits per heavy atom. The van der Waals surface area contributed by atoms with Crippen molar-refractivity contribution in [2.75, 3.05) is 7.11 Å². The van der Waals surface area contributed by atoms with Crippen molar-refractivity contribution in [2.24, 2.45) is 0 Å². The lowest BCUT2D eigenvalue weighted by atomic mass is 10.3. The fourth-order valence-electron chi connectivity index (χ4n) is 2.39. The Balaban J connectivity index is 2.18. The van der Waals surface area contributed by atoms with E-state index in [-0.39, 0.29) is 0 Å². The first-order chi connectivity index (χ1) is 10.7. The highest BCUT2D eigenvalue weighted by Gasteiger charge is 2.27. The number of hydrogen-bond acceptors (Lipinski definition) is 1. The lowest BCUT2D eigenvalue weighted by Gasteiger charge is -2.35. The minimum atomic E-state index is -1.44. The highest BCUT2D eigenvalue weighted by atomic mass is 79.9. The number of methoxy groups -OCH3 is 1. The van der Waals surface area contributed by atoms with Crippen LogP contribution >= 0.6 is 23.3 Å². The molecule has 0 aliphatic rings. The molecule has 0 atom stereocenters. The SMILES string of the molecule is COc1ccc(S(Br)(c2ccccc2)c2ccccc2)cc1. The van der Waals surface area contributed by atoms with Crippen molar-refractivity contribution in [2.45, 2.75) is 14.7 Å². The molecule has 3 rings (SSSR count). The second kappa shape index (κ2) is 6.59. The molecule has 0 saturated carbocycles. The summed E-state index contributed by atoms with van der Waals surface area (Å²) in [6, 6.07) is 29.5. The fourth-order valence-corrected chi connectivity index (χ4v) is 6.72. The zero-order chi connectivity index (χ0) is 15.4. The smallest absolute Gasteiger partial charge is 0.118 e. The number of benzene rings is 3. The molecule has 0 fully saturated rings. The van der Waals surface area contributed by atoms with E-state index >= 15 is 0 Å². The summed E-state index contributed by atoms with van der Waals surface area (Å²) in [5.74, 6) is 0.874. The van der Waals surface area contributed by atoms with Crippen LogP contribution in [0.3, 0.4) is 0 Å². The van der Waals surface area contributed by atoms with Gasteiger partial charge >= 0.3 is 0 Å². The van der Waals surface area contributed by atoms with E-state index in [0.29, 0.717) is 0 Å². The van der Waals surface area contributed by atoms with Gasteiger partial charge in [-0.15, -0.1) is 8.46 Å². The van der Waals surface area contributed by atoms with Crippen LogP contribution < -0.4 is 4.74 Å². The molecule has 0 N–H and O–H groups in total. The number of rotatable bonds is 4. The second-order valence-corrected chi connectivity index (χ2v) is 10.2. The Morgan fingerprint density at radius 1 is 0.636 bits per heavy atom. The normalized spacial score (nSPS) is 11.9. The Morgan fingerprint density at radius 2 is 1.05 bits per heavy atom. The summed E-state index contributed by atoms with van der Waals surface area (Å²) in [6.07, 6.45) is 0. The van der Waals surface area contributed by atoms with Gasteiger partial charge in [-0.1, -0.05) is 36.4 Å². The van der Waals surface area contributed by atoms with Crippen LogP contribution in [0.5, 0.6) is 5.75 Å². The summed E-state index contributed by atoms with van der Waals surface area (Å²) in [7, 11) is 0.249. The van der Waals surface area contributed by atoms with Crippen molar-refractivity contribution in [3.8, 4) is 5.75 Å². The molecule has 22 heavy (non-hydrogen) atoms. The van der Waals surface area contributed by atoms with E-state index in [4.69, 9.17) is 4.74 Å². The summed E-state index contributed by atoms with van der Waals surface area (Å²) in [5.41, 5.74) is 0. The summed E-state index contributed by atoms with van der Waals surface area (Å²) >= 11 is 4.10. The van der Waals surface area contributed by atoms with Crippen molar-refractivity contribution in [1.29, 1.82) is 0 Å². The Bertz CT molecular complexity index is 687. The topological polar surface area (TPSA) is 9.23 Å². The molecule has 0 heterocycles. The lowest BCUT2D eigenvalue weighted by Crippen LogP contribution is -1.96. The highest BCUT2D eigenvalue weighted by molar-refractivity contribution is 9.58. The molecule has 0 spiro atoms. The molecule has 112 valence electrons. The molecule has 0 unspecified atom stereocenters. The van der Waals surface area contributed by atoms with Gasteiger partial charge in [0.1, 0.15) is 5.75 Å². The highest BCUT2D eigenvalue weighted by Crippen LogP contribution is 2.73. The van der Waals surface area contributed by atoms with Crippen LogP contribution in [0, 0.1) is 0 Å². The van der Waals surface area contributed by atoms with Crippen molar-refractivity contribution < 1.29 is 4.74 Å². The Labute approximate surface area is 140 Å². The first-order valence-electron chi connectivity index (χ1n) is 7.02. The third kappa shape index (κ3) is 2.79. The molecule has 0 bridgehead atoms. The monoisotopic (exact) mass is 372 g/mol. The zero-order valence-corrected chi connectivity index (χ0v) is 14.7. The standard InChI is InChI=1S/C19H17BrOS/c1-21-16-12-14-19(15-13-16)22(20,17-8-4-2-5-9-17)18-10-6-3-7-11-18/h2-15H,1H3. The van der Waals surface area contributed by atoms with E-state index in [2.05, 4.69) is 87.6 Å². The Hall–Kier alpha value is -1.71. The molecule has 1 nitrogen and oxygen atoms in total. The third-order valence-corrected chi connectivity index (χ3v) is 9.65. The predicted molar refractivity (Wildman–Crippen MR) is 97.2 cm³/mol. The molecular weight excluding hydrogens is 356 g/mol. The van der Waals surface area contributed by atoms with Crippen LogP contribution in [0.25, 0.3) is 0 Å². The van der Waals surface area contributed by atoms with Gasteiger partial charge in [-0.05, 0) is 63.3 Å². The molecule has 0 amide bonds. The molecule has 0 aliphatic carbocycles. The van der Waals surface area contributed by atoms with Gasteiger partial charge in [0.2, 0.25) is 0 Å². The number of halogens is 1. The average molecular weight is 373 g/mol. The van der Waals surface area contributed by atoms with Gasteiger partial charge in [-0.25, -0.2) is 0 Å². The van der Waals surface area contributed by atoms with Gasteiger partial charge < -0.3 is 4.74 Å². The van der Waals surface area contributed by atoms with Gasteiger partial charge in [0.25, 0.3) is 0 Å². The number of ether oxygens (including phenoxy) is 1. The van der Waals surface area contributed by atoms with Crippen LogP contribution in [0.1, 0.15) is 0 Å². The van der Waals surface area contributed by atoms with Crippen LogP contribution in [-0.4, -0.2) is 7.11 Å². The summed E-state index contributed by atoms with van der Waals surface area (Å²) in [4.78, 5) is 3.82. The van der Waals surface area contributed by atoms with Gasteiger partial charge in [-0.2, -0.15) is 0 Å². The fraction of sp³-hybridized carbons (Fsp3) is 0.0526. The Kier molecular flexibility index (Phi) is 4.55. The lowest BCUT2D eigenvalue weighted by molar-refractivity contribution is 0.414. The van der Waals surface area contributed by atoms with E-state index in [1.54, 1.807) is 7.11 Å². The molecule has 0 aliphatic heterocycles. The minimum absolute atomic E-state index is 0.874. The predicted octanol–water partition coefficient (Wildman–Crippen LogP) is 6.29. The van der Waals surface area contributed by atoms with E-state index in [9.17, 15) is 0 Å².